The van der Waals surface area contributed by atoms with E-state index in [0.717, 1.165) is 11.5 Å². The molecule has 0 saturated carbocycles. The fraction of sp³-hybridized carbons (Fsp3) is 0.250. The van der Waals surface area contributed by atoms with Crippen LogP contribution in [0.25, 0.3) is 0 Å². The van der Waals surface area contributed by atoms with E-state index < -0.39 is 0 Å². The Morgan fingerprint density at radius 3 is 2.67 bits per heavy atom. The van der Waals surface area contributed by atoms with E-state index in [9.17, 15) is 4.79 Å². The molecule has 0 aliphatic carbocycles. The number of carbonyl (C=O) groups is 1. The number of nitrogens with one attached hydrogen (secondary N) is 2. The van der Waals surface area contributed by atoms with Crippen molar-refractivity contribution in [2.45, 2.75) is 20.4 Å². The lowest BCUT2D eigenvalue weighted by atomic mass is 10.4. The number of urea groups is 1. The number of anilines is 1. The lowest BCUT2D eigenvalue weighted by molar-refractivity contribution is 0.250. The standard InChI is InChI=1S/C12H14N4O2/c1-8-9(2)18-11(15-8)7-14-12(17)16-10-3-5-13-6-4-10/h3-6H,7H2,1-2H3,(H2,13,14,16,17). The Kier molecular flexibility index (Phi) is 3.57. The summed E-state index contributed by atoms with van der Waals surface area (Å²) in [4.78, 5) is 19.6. The molecule has 0 spiro atoms. The van der Waals surface area contributed by atoms with Crippen LogP contribution in [0.2, 0.25) is 0 Å². The van der Waals surface area contributed by atoms with Crippen molar-refractivity contribution in [3.05, 3.63) is 41.9 Å². The number of pyridine rings is 1. The molecular formula is C12H14N4O2. The molecule has 0 aromatic carbocycles. The minimum Gasteiger partial charge on any atom is -0.444 e. The van der Waals surface area contributed by atoms with E-state index >= 15 is 0 Å². The molecule has 2 aromatic rings. The van der Waals surface area contributed by atoms with Gasteiger partial charge in [-0.2, -0.15) is 0 Å². The number of hydrogen-bond acceptors (Lipinski definition) is 4. The van der Waals surface area contributed by atoms with Crippen molar-refractivity contribution in [1.29, 1.82) is 0 Å². The zero-order valence-electron chi connectivity index (χ0n) is 10.2. The topological polar surface area (TPSA) is 80.0 Å². The fourth-order valence-corrected chi connectivity index (χ4v) is 1.38. The molecule has 2 rings (SSSR count). The van der Waals surface area contributed by atoms with Gasteiger partial charge in [0.25, 0.3) is 0 Å². The highest BCUT2D eigenvalue weighted by atomic mass is 16.4. The largest absolute Gasteiger partial charge is 0.444 e. The van der Waals surface area contributed by atoms with Crippen LogP contribution in [0.1, 0.15) is 17.3 Å². The average Bonchev–Trinajstić information content (AvgIpc) is 2.68. The van der Waals surface area contributed by atoms with Crippen LogP contribution < -0.4 is 10.6 Å². The molecule has 6 heteroatoms. The number of hydrogen-bond donors (Lipinski definition) is 2. The summed E-state index contributed by atoms with van der Waals surface area (Å²) in [7, 11) is 0. The fourth-order valence-electron chi connectivity index (χ4n) is 1.38. The predicted molar refractivity (Wildman–Crippen MR) is 66.1 cm³/mol. The van der Waals surface area contributed by atoms with E-state index in [1.165, 1.54) is 0 Å². The third-order valence-electron chi connectivity index (χ3n) is 2.41. The highest BCUT2D eigenvalue weighted by Crippen LogP contribution is 2.08. The van der Waals surface area contributed by atoms with Crippen LogP contribution in [0.15, 0.2) is 28.9 Å². The van der Waals surface area contributed by atoms with Crippen LogP contribution in [-0.2, 0) is 6.54 Å². The van der Waals surface area contributed by atoms with Gasteiger partial charge in [0.15, 0.2) is 0 Å². The summed E-state index contributed by atoms with van der Waals surface area (Å²) in [6.07, 6.45) is 3.22. The quantitative estimate of drug-likeness (QED) is 0.868. The van der Waals surface area contributed by atoms with Crippen molar-refractivity contribution in [1.82, 2.24) is 15.3 Å². The van der Waals surface area contributed by atoms with E-state index in [0.29, 0.717) is 11.6 Å². The van der Waals surface area contributed by atoms with E-state index in [-0.39, 0.29) is 12.6 Å². The first-order valence-electron chi connectivity index (χ1n) is 5.53. The van der Waals surface area contributed by atoms with Crippen molar-refractivity contribution >= 4 is 11.7 Å². The Morgan fingerprint density at radius 2 is 2.06 bits per heavy atom. The van der Waals surface area contributed by atoms with Crippen LogP contribution in [-0.4, -0.2) is 16.0 Å². The van der Waals surface area contributed by atoms with E-state index in [4.69, 9.17) is 4.42 Å². The summed E-state index contributed by atoms with van der Waals surface area (Å²) in [6.45, 7) is 3.95. The molecule has 2 aromatic heterocycles. The SMILES string of the molecule is Cc1nc(CNC(=O)Nc2ccncc2)oc1C. The summed E-state index contributed by atoms with van der Waals surface area (Å²) in [5.74, 6) is 1.26. The van der Waals surface area contributed by atoms with Gasteiger partial charge in [0.05, 0.1) is 12.2 Å². The summed E-state index contributed by atoms with van der Waals surface area (Å²) in [5.41, 5.74) is 1.52. The number of aryl methyl sites for hydroxylation is 2. The van der Waals surface area contributed by atoms with E-state index in [1.54, 1.807) is 24.5 Å². The molecule has 0 fully saturated rings. The minimum absolute atomic E-state index is 0.256. The van der Waals surface area contributed by atoms with Gasteiger partial charge in [0.2, 0.25) is 5.89 Å². The summed E-state index contributed by atoms with van der Waals surface area (Å²) < 4.78 is 5.35. The van der Waals surface area contributed by atoms with Gasteiger partial charge in [-0.1, -0.05) is 0 Å². The summed E-state index contributed by atoms with van der Waals surface area (Å²) in [5, 5.41) is 5.34. The van der Waals surface area contributed by atoms with E-state index in [1.807, 2.05) is 13.8 Å². The molecule has 94 valence electrons. The molecule has 2 heterocycles. The third kappa shape index (κ3) is 3.07. The number of aromatic nitrogens is 2. The summed E-state index contributed by atoms with van der Waals surface area (Å²) in [6, 6.07) is 3.10. The van der Waals surface area contributed by atoms with Crippen molar-refractivity contribution in [3.63, 3.8) is 0 Å². The van der Waals surface area contributed by atoms with Crippen LogP contribution in [0.4, 0.5) is 10.5 Å². The van der Waals surface area contributed by atoms with Gasteiger partial charge in [-0.05, 0) is 26.0 Å². The average molecular weight is 246 g/mol. The Hall–Kier alpha value is -2.37. The van der Waals surface area contributed by atoms with E-state index in [2.05, 4.69) is 20.6 Å². The Morgan fingerprint density at radius 1 is 1.33 bits per heavy atom. The molecule has 6 nitrogen and oxygen atoms in total. The second-order valence-electron chi connectivity index (χ2n) is 3.79. The maximum atomic E-state index is 11.6. The van der Waals surface area contributed by atoms with Crippen LogP contribution in [0.3, 0.4) is 0 Å². The normalized spacial score (nSPS) is 10.1. The van der Waals surface area contributed by atoms with Crippen molar-refractivity contribution < 1.29 is 9.21 Å². The van der Waals surface area contributed by atoms with Gasteiger partial charge in [0.1, 0.15) is 5.76 Å². The lowest BCUT2D eigenvalue weighted by Crippen LogP contribution is -2.28. The molecule has 0 aliphatic heterocycles. The molecule has 0 bridgehead atoms. The van der Waals surface area contributed by atoms with Gasteiger partial charge >= 0.3 is 6.03 Å². The highest BCUT2D eigenvalue weighted by molar-refractivity contribution is 5.88. The van der Waals surface area contributed by atoms with Crippen molar-refractivity contribution in [3.8, 4) is 0 Å². The van der Waals surface area contributed by atoms with Crippen LogP contribution in [0.5, 0.6) is 0 Å². The molecule has 0 atom stereocenters. The molecule has 2 N–H and O–H groups in total. The molecule has 0 radical (unpaired) electrons. The van der Waals surface area contributed by atoms with Gasteiger partial charge in [-0.3, -0.25) is 4.98 Å². The van der Waals surface area contributed by atoms with Gasteiger partial charge < -0.3 is 15.1 Å². The Bertz CT molecular complexity index is 517. The molecule has 0 unspecified atom stereocenters. The van der Waals surface area contributed by atoms with Gasteiger partial charge in [-0.15, -0.1) is 0 Å². The number of amides is 2. The summed E-state index contributed by atoms with van der Waals surface area (Å²) >= 11 is 0. The number of nitrogens with zero attached hydrogens (tertiary/aromatic N) is 2. The second-order valence-corrected chi connectivity index (χ2v) is 3.79. The maximum absolute atomic E-state index is 11.6. The smallest absolute Gasteiger partial charge is 0.319 e. The zero-order chi connectivity index (χ0) is 13.0. The van der Waals surface area contributed by atoms with Gasteiger partial charge in [-0.25, -0.2) is 9.78 Å². The second kappa shape index (κ2) is 5.31. The molecular weight excluding hydrogens is 232 g/mol. The van der Waals surface area contributed by atoms with Crippen molar-refractivity contribution in [2.75, 3.05) is 5.32 Å². The number of carbonyl (C=O) groups excluding carboxylic acids is 1. The third-order valence-corrected chi connectivity index (χ3v) is 2.41. The zero-order valence-corrected chi connectivity index (χ0v) is 10.2. The first-order chi connectivity index (χ1) is 8.65. The predicted octanol–water partition coefficient (Wildman–Crippen LogP) is 2.01. The molecule has 0 saturated heterocycles. The molecule has 18 heavy (non-hydrogen) atoms. The van der Waals surface area contributed by atoms with Crippen LogP contribution >= 0.6 is 0 Å². The minimum atomic E-state index is -0.310. The first-order valence-corrected chi connectivity index (χ1v) is 5.53. The van der Waals surface area contributed by atoms with Crippen molar-refractivity contribution in [2.24, 2.45) is 0 Å². The molecule has 2 amide bonds. The monoisotopic (exact) mass is 246 g/mol. The maximum Gasteiger partial charge on any atom is 0.319 e. The Balaban J connectivity index is 1.85. The number of rotatable bonds is 3. The lowest BCUT2D eigenvalue weighted by Gasteiger charge is -2.05. The van der Waals surface area contributed by atoms with Gasteiger partial charge in [0, 0.05) is 18.1 Å². The van der Waals surface area contributed by atoms with Crippen LogP contribution in [0, 0.1) is 13.8 Å². The Labute approximate surface area is 104 Å². The number of oxazole rings is 1. The molecule has 0 aliphatic rings. The highest BCUT2D eigenvalue weighted by Gasteiger charge is 2.07. The first kappa shape index (κ1) is 12.1.